The fourth-order valence-corrected chi connectivity index (χ4v) is 11.3. The molecule has 40 heavy (non-hydrogen) atoms. The molecule has 0 aliphatic carbocycles. The van der Waals surface area contributed by atoms with Gasteiger partial charge in [0.1, 0.15) is 5.75 Å². The molecule has 0 radical (unpaired) electrons. The first-order valence-corrected chi connectivity index (χ1v) is 17.9. The fourth-order valence-electron chi connectivity index (χ4n) is 7.23. The molecule has 2 aromatic rings. The highest BCUT2D eigenvalue weighted by Gasteiger charge is 2.51. The first kappa shape index (κ1) is 28.8. The number of ether oxygens (including phenoxy) is 2. The van der Waals surface area contributed by atoms with E-state index in [1.54, 1.807) is 7.11 Å². The molecule has 0 saturated carbocycles. The number of benzene rings is 2. The molecule has 0 aromatic heterocycles. The molecule has 3 heterocycles. The van der Waals surface area contributed by atoms with Crippen LogP contribution >= 0.6 is 0 Å². The monoisotopic (exact) mass is 564 g/mol. The van der Waals surface area contributed by atoms with Crippen LogP contribution in [-0.2, 0) is 20.7 Å². The quantitative estimate of drug-likeness (QED) is 0.347. The largest absolute Gasteiger partial charge is 0.497 e. The van der Waals surface area contributed by atoms with Gasteiger partial charge in [0.25, 0.3) is 0 Å². The molecule has 3 fully saturated rings. The van der Waals surface area contributed by atoms with Gasteiger partial charge in [-0.25, -0.2) is 0 Å². The number of carbonyl (C=O) groups is 2. The first-order chi connectivity index (χ1) is 19.2. The lowest BCUT2D eigenvalue weighted by molar-refractivity contribution is -0.135. The van der Waals surface area contributed by atoms with Crippen LogP contribution in [0.2, 0.25) is 18.6 Å². The van der Waals surface area contributed by atoms with E-state index in [4.69, 9.17) is 9.47 Å². The number of hydrogen-bond donors (Lipinski definition) is 1. The first-order valence-electron chi connectivity index (χ1n) is 14.8. The highest BCUT2D eigenvalue weighted by Crippen LogP contribution is 2.46. The average molecular weight is 565 g/mol. The van der Waals surface area contributed by atoms with Crippen molar-refractivity contribution >= 4 is 30.8 Å². The number of anilines is 1. The van der Waals surface area contributed by atoms with Gasteiger partial charge in [0.05, 0.1) is 46.5 Å². The molecule has 3 saturated heterocycles. The summed E-state index contributed by atoms with van der Waals surface area (Å²) in [5.74, 6) is 1.46. The SMILES string of the molecule is COc1ccc([Si](C)(C)[C@H]2[C@H](C)[C@H](CCc3ccc(N4CCC4=O)cc3)O[C@@H]2CC(=O)N2CCC[C@H]2CO)cc1. The maximum absolute atomic E-state index is 13.5. The predicted octanol–water partition coefficient (Wildman–Crippen LogP) is 4.13. The van der Waals surface area contributed by atoms with Crippen LogP contribution in [0.15, 0.2) is 48.5 Å². The molecule has 216 valence electrons. The van der Waals surface area contributed by atoms with E-state index in [-0.39, 0.29) is 42.2 Å². The summed E-state index contributed by atoms with van der Waals surface area (Å²) in [6.07, 6.45) is 4.52. The average Bonchev–Trinajstić information content (AvgIpc) is 3.56. The number of aliphatic hydroxyl groups is 1. The second-order valence-electron chi connectivity index (χ2n) is 12.3. The van der Waals surface area contributed by atoms with Crippen molar-refractivity contribution in [2.24, 2.45) is 5.92 Å². The molecule has 5 atom stereocenters. The molecule has 0 spiro atoms. The minimum Gasteiger partial charge on any atom is -0.497 e. The number of nitrogens with zero attached hydrogens (tertiary/aromatic N) is 2. The third-order valence-corrected chi connectivity index (χ3v) is 14.1. The van der Waals surface area contributed by atoms with Crippen molar-refractivity contribution in [1.29, 1.82) is 0 Å². The summed E-state index contributed by atoms with van der Waals surface area (Å²) >= 11 is 0. The molecule has 7 nitrogen and oxygen atoms in total. The third-order valence-electron chi connectivity index (χ3n) is 9.67. The van der Waals surface area contributed by atoms with E-state index >= 15 is 0 Å². The van der Waals surface area contributed by atoms with Crippen molar-refractivity contribution in [3.63, 3.8) is 0 Å². The molecular formula is C32H44N2O5Si. The highest BCUT2D eigenvalue weighted by molar-refractivity contribution is 6.91. The van der Waals surface area contributed by atoms with Crippen LogP contribution < -0.4 is 14.8 Å². The smallest absolute Gasteiger partial charge is 0.228 e. The van der Waals surface area contributed by atoms with Gasteiger partial charge in [-0.1, -0.05) is 49.5 Å². The number of aryl methyl sites for hydroxylation is 1. The Balaban J connectivity index is 1.32. The van der Waals surface area contributed by atoms with Gasteiger partial charge in [0.2, 0.25) is 11.8 Å². The van der Waals surface area contributed by atoms with Crippen molar-refractivity contribution in [3.05, 3.63) is 54.1 Å². The fraction of sp³-hybridized carbons (Fsp3) is 0.562. The summed E-state index contributed by atoms with van der Waals surface area (Å²) < 4.78 is 12.2. The number of amides is 2. The van der Waals surface area contributed by atoms with Crippen molar-refractivity contribution in [2.75, 3.05) is 31.7 Å². The summed E-state index contributed by atoms with van der Waals surface area (Å²) in [7, 11) is -0.365. The molecule has 3 aliphatic heterocycles. The van der Waals surface area contributed by atoms with Crippen LogP contribution in [0.3, 0.4) is 0 Å². The van der Waals surface area contributed by atoms with E-state index in [0.717, 1.165) is 50.2 Å². The van der Waals surface area contributed by atoms with Gasteiger partial charge in [0, 0.05) is 25.2 Å². The molecule has 0 bridgehead atoms. The zero-order valence-electron chi connectivity index (χ0n) is 24.3. The van der Waals surface area contributed by atoms with Gasteiger partial charge >= 0.3 is 0 Å². The van der Waals surface area contributed by atoms with E-state index in [2.05, 4.69) is 44.3 Å². The Morgan fingerprint density at radius 3 is 2.40 bits per heavy atom. The zero-order chi connectivity index (χ0) is 28.4. The van der Waals surface area contributed by atoms with Gasteiger partial charge in [-0.05, 0) is 67.0 Å². The normalized spacial score (nSPS) is 26.7. The standard InChI is InChI=1S/C32H44N2O5Si/c1-22-28(16-9-23-7-10-24(11-8-23)34-19-17-30(34)36)39-29(20-31(37)33-18-5-6-25(33)21-35)32(22)40(3,4)27-14-12-26(38-2)13-15-27/h7-8,10-15,22,25,28-29,32,35H,5-6,9,16-21H2,1-4H3/t22-,25+,28+,29-,32+/m1/s1. The zero-order valence-corrected chi connectivity index (χ0v) is 25.3. The van der Waals surface area contributed by atoms with Crippen LogP contribution in [-0.4, -0.2) is 75.0 Å². The number of methoxy groups -OCH3 is 1. The van der Waals surface area contributed by atoms with E-state index in [9.17, 15) is 14.7 Å². The van der Waals surface area contributed by atoms with Crippen LogP contribution in [0.5, 0.6) is 5.75 Å². The number of β-lactam (4-membered cyclic amide) rings is 1. The molecule has 8 heteroatoms. The van der Waals surface area contributed by atoms with E-state index in [1.165, 1.54) is 10.8 Å². The summed E-state index contributed by atoms with van der Waals surface area (Å²) in [4.78, 5) is 29.0. The topological polar surface area (TPSA) is 79.3 Å². The lowest BCUT2D eigenvalue weighted by Gasteiger charge is -2.36. The van der Waals surface area contributed by atoms with Crippen LogP contribution in [0.1, 0.15) is 44.6 Å². The van der Waals surface area contributed by atoms with E-state index in [1.807, 2.05) is 34.1 Å². The van der Waals surface area contributed by atoms with Crippen LogP contribution in [0.4, 0.5) is 5.69 Å². The molecule has 3 aliphatic rings. The van der Waals surface area contributed by atoms with Gasteiger partial charge in [-0.15, -0.1) is 0 Å². The van der Waals surface area contributed by atoms with Gasteiger partial charge in [0.15, 0.2) is 0 Å². The van der Waals surface area contributed by atoms with Crippen molar-refractivity contribution in [3.8, 4) is 5.75 Å². The lowest BCUT2D eigenvalue weighted by Crippen LogP contribution is -2.51. The van der Waals surface area contributed by atoms with Crippen LogP contribution in [0, 0.1) is 5.92 Å². The summed E-state index contributed by atoms with van der Waals surface area (Å²) in [6.45, 7) is 8.67. The van der Waals surface area contributed by atoms with Crippen LogP contribution in [0.25, 0.3) is 0 Å². The van der Waals surface area contributed by atoms with Gasteiger partial charge in [-0.2, -0.15) is 0 Å². The Labute approximate surface area is 239 Å². The molecule has 2 aromatic carbocycles. The summed E-state index contributed by atoms with van der Waals surface area (Å²) in [5.41, 5.74) is 2.49. The minimum absolute atomic E-state index is 0.0243. The lowest BCUT2D eigenvalue weighted by atomic mass is 9.95. The van der Waals surface area contributed by atoms with Gasteiger partial charge in [-0.3, -0.25) is 9.59 Å². The predicted molar refractivity (Wildman–Crippen MR) is 160 cm³/mol. The second kappa shape index (κ2) is 12.0. The van der Waals surface area contributed by atoms with Crippen molar-refractivity contribution < 1.29 is 24.2 Å². The third kappa shape index (κ3) is 5.71. The Kier molecular flexibility index (Phi) is 8.68. The maximum atomic E-state index is 13.5. The maximum Gasteiger partial charge on any atom is 0.228 e. The Morgan fingerprint density at radius 1 is 1.07 bits per heavy atom. The number of hydrogen-bond acceptors (Lipinski definition) is 5. The summed E-state index contributed by atoms with van der Waals surface area (Å²) in [5, 5.41) is 11.2. The van der Waals surface area contributed by atoms with Crippen molar-refractivity contribution in [1.82, 2.24) is 4.90 Å². The minimum atomic E-state index is -2.05. The van der Waals surface area contributed by atoms with E-state index < -0.39 is 8.07 Å². The summed E-state index contributed by atoms with van der Waals surface area (Å²) in [6, 6.07) is 16.7. The molecular weight excluding hydrogens is 520 g/mol. The highest BCUT2D eigenvalue weighted by atomic mass is 28.3. The molecule has 0 unspecified atom stereocenters. The Bertz CT molecular complexity index is 1180. The number of carbonyl (C=O) groups excluding carboxylic acids is 2. The van der Waals surface area contributed by atoms with Gasteiger partial charge < -0.3 is 24.4 Å². The number of aliphatic hydroxyl groups excluding tert-OH is 1. The number of likely N-dealkylation sites (tertiary alicyclic amines) is 1. The number of rotatable bonds is 10. The Morgan fingerprint density at radius 2 is 1.80 bits per heavy atom. The Hall–Kier alpha value is -2.68. The van der Waals surface area contributed by atoms with Crippen molar-refractivity contribution in [2.45, 2.75) is 82.3 Å². The second-order valence-corrected chi connectivity index (χ2v) is 17.0. The molecule has 2 amide bonds. The van der Waals surface area contributed by atoms with E-state index in [0.29, 0.717) is 18.8 Å². The molecule has 5 rings (SSSR count). The molecule has 1 N–H and O–H groups in total.